The van der Waals surface area contributed by atoms with Gasteiger partial charge in [-0.05, 0) is 78.1 Å². The molecule has 0 spiro atoms. The topological polar surface area (TPSA) is 0 Å². The van der Waals surface area contributed by atoms with Crippen molar-refractivity contribution in [3.63, 3.8) is 0 Å². The van der Waals surface area contributed by atoms with Gasteiger partial charge in [0.2, 0.25) is 0 Å². The monoisotopic (exact) mass is 390 g/mol. The highest BCUT2D eigenvalue weighted by Gasteiger charge is 2.20. The van der Waals surface area contributed by atoms with Crippen LogP contribution in [0.1, 0.15) is 52.6 Å². The number of hydrogen-bond acceptors (Lipinski definition) is 0. The van der Waals surface area contributed by atoms with Crippen molar-refractivity contribution in [2.24, 2.45) is 0 Å². The Hall–Kier alpha value is -2.99. The van der Waals surface area contributed by atoms with Crippen molar-refractivity contribution in [3.05, 3.63) is 105 Å². The van der Waals surface area contributed by atoms with Crippen LogP contribution in [0.5, 0.6) is 0 Å². The van der Waals surface area contributed by atoms with Gasteiger partial charge in [-0.3, -0.25) is 0 Å². The Kier molecular flexibility index (Phi) is 5.45. The molecule has 0 aliphatic heterocycles. The van der Waals surface area contributed by atoms with Crippen LogP contribution >= 0.6 is 0 Å². The largest absolute Gasteiger partial charge is 0.204 e. The van der Waals surface area contributed by atoms with Crippen LogP contribution in [0, 0.1) is 29.3 Å². The molecule has 3 aromatic carbocycles. The van der Waals surface area contributed by atoms with Gasteiger partial charge in [0.15, 0.2) is 17.5 Å². The van der Waals surface area contributed by atoms with Crippen molar-refractivity contribution in [2.45, 2.75) is 38.5 Å². The Morgan fingerprint density at radius 3 is 2.21 bits per heavy atom. The number of halogens is 3. The van der Waals surface area contributed by atoms with Crippen LogP contribution in [-0.2, 0) is 19.3 Å². The molecule has 1 aliphatic carbocycles. The normalized spacial score (nSPS) is 15.4. The summed E-state index contributed by atoms with van der Waals surface area (Å²) in [6.45, 7) is 2.16. The second-order valence-electron chi connectivity index (χ2n) is 7.52. The molecule has 29 heavy (non-hydrogen) atoms. The summed E-state index contributed by atoms with van der Waals surface area (Å²) in [7, 11) is 0. The van der Waals surface area contributed by atoms with E-state index in [4.69, 9.17) is 0 Å². The standard InChI is InChI=1S/C26H21F3/c1-2-17-5-8-20(9-6-17)22-12-11-21-13-18(7-10-23(21)16-22)3-4-19-14-24(27)26(29)25(28)15-19/h5-10,13-15,22H,2,11-12,16H2,1H3. The van der Waals surface area contributed by atoms with Crippen molar-refractivity contribution < 1.29 is 13.2 Å². The van der Waals surface area contributed by atoms with Gasteiger partial charge in [-0.2, -0.15) is 0 Å². The summed E-state index contributed by atoms with van der Waals surface area (Å²) in [6.07, 6.45) is 4.12. The Morgan fingerprint density at radius 2 is 1.52 bits per heavy atom. The zero-order valence-corrected chi connectivity index (χ0v) is 16.2. The van der Waals surface area contributed by atoms with Crippen molar-refractivity contribution in [1.29, 1.82) is 0 Å². The highest BCUT2D eigenvalue weighted by atomic mass is 19.2. The maximum atomic E-state index is 13.3. The molecule has 0 aromatic heterocycles. The zero-order chi connectivity index (χ0) is 20.4. The van der Waals surface area contributed by atoms with Crippen molar-refractivity contribution in [2.75, 3.05) is 0 Å². The second-order valence-corrected chi connectivity index (χ2v) is 7.52. The molecule has 3 aromatic rings. The minimum absolute atomic E-state index is 0.120. The predicted molar refractivity (Wildman–Crippen MR) is 109 cm³/mol. The lowest BCUT2D eigenvalue weighted by Gasteiger charge is -2.25. The quantitative estimate of drug-likeness (QED) is 0.354. The summed E-state index contributed by atoms with van der Waals surface area (Å²) in [5, 5.41) is 0. The molecule has 3 heteroatoms. The average molecular weight is 390 g/mol. The average Bonchev–Trinajstić information content (AvgIpc) is 2.75. The van der Waals surface area contributed by atoms with Crippen molar-refractivity contribution in [3.8, 4) is 11.8 Å². The van der Waals surface area contributed by atoms with E-state index in [0.29, 0.717) is 5.92 Å². The number of benzene rings is 3. The van der Waals surface area contributed by atoms with Crippen LogP contribution in [0.2, 0.25) is 0 Å². The van der Waals surface area contributed by atoms with Gasteiger partial charge in [0.05, 0.1) is 0 Å². The summed E-state index contributed by atoms with van der Waals surface area (Å²) in [6, 6.07) is 16.8. The van der Waals surface area contributed by atoms with E-state index >= 15 is 0 Å². The summed E-state index contributed by atoms with van der Waals surface area (Å²) >= 11 is 0. The molecule has 0 N–H and O–H groups in total. The molecule has 0 fully saturated rings. The van der Waals surface area contributed by atoms with Gasteiger partial charge in [-0.1, -0.05) is 49.1 Å². The molecule has 0 heterocycles. The first kappa shape index (κ1) is 19.3. The van der Waals surface area contributed by atoms with Crippen LogP contribution in [0.4, 0.5) is 13.2 Å². The van der Waals surface area contributed by atoms with Crippen molar-refractivity contribution in [1.82, 2.24) is 0 Å². The summed E-state index contributed by atoms with van der Waals surface area (Å²) in [5.74, 6) is 2.27. The summed E-state index contributed by atoms with van der Waals surface area (Å²) < 4.78 is 39.7. The van der Waals surface area contributed by atoms with Gasteiger partial charge in [0, 0.05) is 11.1 Å². The van der Waals surface area contributed by atoms with Crippen LogP contribution in [-0.4, -0.2) is 0 Å². The number of rotatable bonds is 2. The van der Waals surface area contributed by atoms with E-state index in [1.165, 1.54) is 22.3 Å². The van der Waals surface area contributed by atoms with Gasteiger partial charge < -0.3 is 0 Å². The molecule has 0 nitrogen and oxygen atoms in total. The van der Waals surface area contributed by atoms with Crippen LogP contribution < -0.4 is 0 Å². The third-order valence-electron chi connectivity index (χ3n) is 5.63. The molecule has 1 atom stereocenters. The number of fused-ring (bicyclic) bond motifs is 1. The molecule has 0 saturated carbocycles. The lowest BCUT2D eigenvalue weighted by atomic mass is 9.79. The zero-order valence-electron chi connectivity index (χ0n) is 16.2. The molecule has 0 radical (unpaired) electrons. The molecule has 1 unspecified atom stereocenters. The predicted octanol–water partition coefficient (Wildman–Crippen LogP) is 6.34. The summed E-state index contributed by atoms with van der Waals surface area (Å²) in [4.78, 5) is 0. The molecular formula is C26H21F3. The smallest absolute Gasteiger partial charge is 0.194 e. The lowest BCUT2D eigenvalue weighted by molar-refractivity contribution is 0.446. The van der Waals surface area contributed by atoms with Crippen LogP contribution in [0.15, 0.2) is 54.6 Å². The molecule has 146 valence electrons. The third-order valence-corrected chi connectivity index (χ3v) is 5.63. The Morgan fingerprint density at radius 1 is 0.828 bits per heavy atom. The SMILES string of the molecule is CCc1ccc(C2CCc3cc(C#Cc4cc(F)c(F)c(F)c4)ccc3C2)cc1. The van der Waals surface area contributed by atoms with Gasteiger partial charge >= 0.3 is 0 Å². The Labute approximate surface area is 169 Å². The summed E-state index contributed by atoms with van der Waals surface area (Å²) in [5.41, 5.74) is 6.25. The molecule has 1 aliphatic rings. The fourth-order valence-corrected chi connectivity index (χ4v) is 3.91. The first-order valence-electron chi connectivity index (χ1n) is 9.90. The van der Waals surface area contributed by atoms with Gasteiger partial charge in [0.1, 0.15) is 0 Å². The van der Waals surface area contributed by atoms with E-state index in [2.05, 4.69) is 55.2 Å². The Balaban J connectivity index is 1.52. The maximum absolute atomic E-state index is 13.3. The molecule has 0 amide bonds. The minimum Gasteiger partial charge on any atom is -0.204 e. The first-order chi connectivity index (χ1) is 14.0. The van der Waals surface area contributed by atoms with Crippen LogP contribution in [0.25, 0.3) is 0 Å². The van der Waals surface area contributed by atoms with E-state index < -0.39 is 17.5 Å². The van der Waals surface area contributed by atoms with Gasteiger partial charge in [0.25, 0.3) is 0 Å². The van der Waals surface area contributed by atoms with E-state index in [0.717, 1.165) is 43.4 Å². The number of hydrogen-bond donors (Lipinski definition) is 0. The number of aryl methyl sites for hydroxylation is 2. The second kappa shape index (κ2) is 8.17. The molecular weight excluding hydrogens is 369 g/mol. The van der Waals surface area contributed by atoms with E-state index in [1.54, 1.807) is 0 Å². The maximum Gasteiger partial charge on any atom is 0.194 e. The highest BCUT2D eigenvalue weighted by Crippen LogP contribution is 2.33. The lowest BCUT2D eigenvalue weighted by Crippen LogP contribution is -2.13. The van der Waals surface area contributed by atoms with Crippen molar-refractivity contribution >= 4 is 0 Å². The molecule has 0 saturated heterocycles. The van der Waals surface area contributed by atoms with Crippen LogP contribution in [0.3, 0.4) is 0 Å². The molecule has 0 bridgehead atoms. The van der Waals surface area contributed by atoms with E-state index in [1.807, 2.05) is 6.07 Å². The minimum atomic E-state index is -1.47. The highest BCUT2D eigenvalue weighted by molar-refractivity contribution is 5.47. The fourth-order valence-electron chi connectivity index (χ4n) is 3.91. The van der Waals surface area contributed by atoms with Gasteiger partial charge in [-0.15, -0.1) is 0 Å². The van der Waals surface area contributed by atoms with Gasteiger partial charge in [-0.25, -0.2) is 13.2 Å². The Bertz CT molecular complexity index is 1080. The van der Waals surface area contributed by atoms with E-state index in [9.17, 15) is 13.2 Å². The van der Waals surface area contributed by atoms with E-state index in [-0.39, 0.29) is 5.56 Å². The first-order valence-corrected chi connectivity index (χ1v) is 9.90. The fraction of sp³-hybridized carbons (Fsp3) is 0.231. The third kappa shape index (κ3) is 4.22. The molecule has 4 rings (SSSR count).